The smallest absolute Gasteiger partial charge is 0.345 e. The molecule has 0 amide bonds. The molecule has 0 aromatic carbocycles. The molecule has 26 heavy (non-hydrogen) atoms. The SMILES string of the molecule is CCNC(=NCCCn1nc2n(c1=O)CCCC2)N1CCC(C)CC1.I. The van der Waals surface area contributed by atoms with Crippen molar-refractivity contribution in [2.75, 3.05) is 26.2 Å². The molecule has 3 heterocycles. The van der Waals surface area contributed by atoms with E-state index in [1.807, 2.05) is 4.57 Å². The summed E-state index contributed by atoms with van der Waals surface area (Å²) < 4.78 is 3.47. The molecule has 1 aromatic heterocycles. The lowest BCUT2D eigenvalue weighted by atomic mass is 10.00. The van der Waals surface area contributed by atoms with Gasteiger partial charge in [-0.3, -0.25) is 9.56 Å². The van der Waals surface area contributed by atoms with Gasteiger partial charge in [-0.15, -0.1) is 24.0 Å². The van der Waals surface area contributed by atoms with E-state index >= 15 is 0 Å². The maximum atomic E-state index is 12.3. The van der Waals surface area contributed by atoms with E-state index in [2.05, 4.69) is 29.2 Å². The normalized spacial score (nSPS) is 18.4. The van der Waals surface area contributed by atoms with E-state index in [0.717, 1.165) is 76.1 Å². The van der Waals surface area contributed by atoms with Gasteiger partial charge in [-0.1, -0.05) is 6.92 Å². The second-order valence-electron chi connectivity index (χ2n) is 7.29. The van der Waals surface area contributed by atoms with Gasteiger partial charge in [-0.25, -0.2) is 9.48 Å². The first-order valence-corrected chi connectivity index (χ1v) is 9.88. The topological polar surface area (TPSA) is 67.5 Å². The molecule has 1 saturated heterocycles. The quantitative estimate of drug-likeness (QED) is 0.306. The highest BCUT2D eigenvalue weighted by molar-refractivity contribution is 14.0. The molecule has 0 bridgehead atoms. The Morgan fingerprint density at radius 2 is 2.04 bits per heavy atom. The zero-order valence-electron chi connectivity index (χ0n) is 16.1. The summed E-state index contributed by atoms with van der Waals surface area (Å²) in [6, 6.07) is 0. The van der Waals surface area contributed by atoms with Crippen molar-refractivity contribution in [1.29, 1.82) is 0 Å². The van der Waals surface area contributed by atoms with Crippen LogP contribution in [0.5, 0.6) is 0 Å². The van der Waals surface area contributed by atoms with E-state index in [9.17, 15) is 4.79 Å². The molecular formula is C18H33IN6O. The summed E-state index contributed by atoms with van der Waals surface area (Å²) >= 11 is 0. The van der Waals surface area contributed by atoms with Crippen LogP contribution in [0.15, 0.2) is 9.79 Å². The van der Waals surface area contributed by atoms with Gasteiger partial charge in [-0.05, 0) is 44.9 Å². The highest BCUT2D eigenvalue weighted by Crippen LogP contribution is 2.16. The van der Waals surface area contributed by atoms with Crippen molar-refractivity contribution < 1.29 is 0 Å². The van der Waals surface area contributed by atoms with Crippen LogP contribution in [0.25, 0.3) is 0 Å². The molecule has 148 valence electrons. The van der Waals surface area contributed by atoms with Gasteiger partial charge in [0.15, 0.2) is 5.96 Å². The van der Waals surface area contributed by atoms with Crippen LogP contribution in [0.3, 0.4) is 0 Å². The average molecular weight is 476 g/mol. The number of piperidine rings is 1. The number of hydrogen-bond donors (Lipinski definition) is 1. The molecule has 3 rings (SSSR count). The van der Waals surface area contributed by atoms with E-state index in [4.69, 9.17) is 4.99 Å². The van der Waals surface area contributed by atoms with E-state index in [-0.39, 0.29) is 29.7 Å². The number of aliphatic imine (C=N–C) groups is 1. The Kier molecular flexibility index (Phi) is 8.43. The molecule has 1 aromatic rings. The van der Waals surface area contributed by atoms with Crippen molar-refractivity contribution in [3.63, 3.8) is 0 Å². The molecule has 1 N–H and O–H groups in total. The third-order valence-corrected chi connectivity index (χ3v) is 5.24. The highest BCUT2D eigenvalue weighted by atomic mass is 127. The number of guanidine groups is 1. The second kappa shape index (κ2) is 10.3. The lowest BCUT2D eigenvalue weighted by molar-refractivity contribution is 0.273. The summed E-state index contributed by atoms with van der Waals surface area (Å²) in [4.78, 5) is 19.5. The summed E-state index contributed by atoms with van der Waals surface area (Å²) in [6.07, 6.45) is 6.47. The van der Waals surface area contributed by atoms with Crippen LogP contribution in [0.1, 0.15) is 51.8 Å². The number of nitrogens with one attached hydrogen (secondary N) is 1. The van der Waals surface area contributed by atoms with Gasteiger partial charge in [-0.2, -0.15) is 5.10 Å². The summed E-state index contributed by atoms with van der Waals surface area (Å²) in [5.41, 5.74) is 0.0515. The number of hydrogen-bond acceptors (Lipinski definition) is 3. The zero-order chi connectivity index (χ0) is 17.6. The number of halogens is 1. The van der Waals surface area contributed by atoms with Crippen LogP contribution in [0.2, 0.25) is 0 Å². The van der Waals surface area contributed by atoms with Crippen LogP contribution in [0, 0.1) is 5.92 Å². The molecule has 0 unspecified atom stereocenters. The number of aromatic nitrogens is 3. The molecule has 7 nitrogen and oxygen atoms in total. The fourth-order valence-corrected chi connectivity index (χ4v) is 3.65. The van der Waals surface area contributed by atoms with Gasteiger partial charge in [0.2, 0.25) is 0 Å². The molecule has 2 aliphatic heterocycles. The fourth-order valence-electron chi connectivity index (χ4n) is 3.65. The predicted molar refractivity (Wildman–Crippen MR) is 115 cm³/mol. The van der Waals surface area contributed by atoms with Crippen molar-refractivity contribution in [2.45, 2.75) is 65.5 Å². The Morgan fingerprint density at radius 3 is 2.73 bits per heavy atom. The molecular weight excluding hydrogens is 443 g/mol. The monoisotopic (exact) mass is 476 g/mol. The van der Waals surface area contributed by atoms with Gasteiger partial charge >= 0.3 is 5.69 Å². The van der Waals surface area contributed by atoms with E-state index < -0.39 is 0 Å². The molecule has 8 heteroatoms. The van der Waals surface area contributed by atoms with Crippen LogP contribution in [-0.2, 0) is 19.5 Å². The van der Waals surface area contributed by atoms with Crippen molar-refractivity contribution in [3.05, 3.63) is 16.3 Å². The van der Waals surface area contributed by atoms with Crippen molar-refractivity contribution >= 4 is 29.9 Å². The molecule has 2 aliphatic rings. The fraction of sp³-hybridized carbons (Fsp3) is 0.833. The van der Waals surface area contributed by atoms with Gasteiger partial charge in [0.1, 0.15) is 5.82 Å². The number of fused-ring (bicyclic) bond motifs is 1. The van der Waals surface area contributed by atoms with E-state index in [1.54, 1.807) is 4.68 Å². The van der Waals surface area contributed by atoms with Gasteiger partial charge < -0.3 is 10.2 Å². The first-order chi connectivity index (χ1) is 12.2. The van der Waals surface area contributed by atoms with Crippen LogP contribution >= 0.6 is 24.0 Å². The summed E-state index contributed by atoms with van der Waals surface area (Å²) in [5.74, 6) is 2.79. The van der Waals surface area contributed by atoms with E-state index in [1.165, 1.54) is 12.8 Å². The first kappa shape index (κ1) is 21.2. The molecule has 0 atom stereocenters. The molecule has 0 saturated carbocycles. The Bertz CT molecular complexity index is 645. The Hall–Kier alpha value is -1.06. The van der Waals surface area contributed by atoms with Gasteiger partial charge in [0, 0.05) is 45.7 Å². The van der Waals surface area contributed by atoms with Crippen molar-refractivity contribution in [1.82, 2.24) is 24.6 Å². The van der Waals surface area contributed by atoms with Crippen molar-refractivity contribution in [2.24, 2.45) is 10.9 Å². The number of nitrogens with zero attached hydrogens (tertiary/aromatic N) is 5. The standard InChI is InChI=1S/C18H32N6O.HI/c1-3-19-17(22-13-8-15(2)9-14-22)20-10-6-12-24-18(25)23-11-5-4-7-16(23)21-24;/h15H,3-14H2,1-2H3,(H,19,20);1H. The maximum Gasteiger partial charge on any atom is 0.345 e. The predicted octanol–water partition coefficient (Wildman–Crippen LogP) is 2.09. The largest absolute Gasteiger partial charge is 0.357 e. The minimum absolute atomic E-state index is 0. The number of likely N-dealkylation sites (tertiary alicyclic amines) is 1. The summed E-state index contributed by atoms with van der Waals surface area (Å²) in [6.45, 7) is 9.69. The lowest BCUT2D eigenvalue weighted by Crippen LogP contribution is -2.45. The minimum atomic E-state index is 0. The first-order valence-electron chi connectivity index (χ1n) is 9.88. The Balaban J connectivity index is 0.00000243. The van der Waals surface area contributed by atoms with Crippen LogP contribution < -0.4 is 11.0 Å². The van der Waals surface area contributed by atoms with Gasteiger partial charge in [0.05, 0.1) is 0 Å². The maximum absolute atomic E-state index is 12.3. The highest BCUT2D eigenvalue weighted by Gasteiger charge is 2.19. The third kappa shape index (κ3) is 5.23. The van der Waals surface area contributed by atoms with Crippen LogP contribution in [-0.4, -0.2) is 51.4 Å². The van der Waals surface area contributed by atoms with Crippen LogP contribution in [0.4, 0.5) is 0 Å². The van der Waals surface area contributed by atoms with E-state index in [0.29, 0.717) is 6.54 Å². The Labute approximate surface area is 173 Å². The summed E-state index contributed by atoms with van der Waals surface area (Å²) in [7, 11) is 0. The number of aryl methyl sites for hydroxylation is 2. The lowest BCUT2D eigenvalue weighted by Gasteiger charge is -2.33. The van der Waals surface area contributed by atoms with Gasteiger partial charge in [0.25, 0.3) is 0 Å². The Morgan fingerprint density at radius 1 is 1.27 bits per heavy atom. The number of rotatable bonds is 5. The zero-order valence-corrected chi connectivity index (χ0v) is 18.4. The molecule has 0 aliphatic carbocycles. The minimum Gasteiger partial charge on any atom is -0.357 e. The average Bonchev–Trinajstić information content (AvgIpc) is 2.95. The molecule has 0 radical (unpaired) electrons. The third-order valence-electron chi connectivity index (χ3n) is 5.24. The second-order valence-corrected chi connectivity index (χ2v) is 7.29. The summed E-state index contributed by atoms with van der Waals surface area (Å²) in [5, 5.41) is 7.90. The molecule has 0 spiro atoms. The molecule has 1 fully saturated rings. The van der Waals surface area contributed by atoms with Crippen molar-refractivity contribution in [3.8, 4) is 0 Å².